The number of amides is 3. The fourth-order valence-electron chi connectivity index (χ4n) is 7.55. The maximum Gasteiger partial charge on any atom is 0.328 e. The number of esters is 1. The van der Waals surface area contributed by atoms with Crippen LogP contribution in [0, 0.1) is 0 Å². The number of H-pyrrole nitrogens is 1. The first-order valence-electron chi connectivity index (χ1n) is 17.4. The molecular weight excluding hydrogens is 636 g/mol. The Morgan fingerprint density at radius 2 is 1.35 bits per heavy atom. The predicted octanol–water partition coefficient (Wildman–Crippen LogP) is 7.62. The Bertz CT molecular complexity index is 2060. The van der Waals surface area contributed by atoms with Crippen molar-refractivity contribution in [1.82, 2.24) is 19.8 Å². The number of aromatic nitrogens is 2. The van der Waals surface area contributed by atoms with E-state index in [1.165, 1.54) is 9.80 Å². The van der Waals surface area contributed by atoms with Crippen LogP contribution in [0.5, 0.6) is 0 Å². The van der Waals surface area contributed by atoms with E-state index < -0.39 is 23.0 Å². The summed E-state index contributed by atoms with van der Waals surface area (Å²) in [5, 5.41) is 1.79. The summed E-state index contributed by atoms with van der Waals surface area (Å²) in [6.07, 6.45) is 2.88. The van der Waals surface area contributed by atoms with Crippen LogP contribution in [-0.4, -0.2) is 57.4 Å². The van der Waals surface area contributed by atoms with Crippen molar-refractivity contribution in [3.8, 4) is 0 Å². The topological polar surface area (TPSA) is 95.6 Å². The summed E-state index contributed by atoms with van der Waals surface area (Å²) in [6.45, 7) is 3.46. The summed E-state index contributed by atoms with van der Waals surface area (Å²) in [7, 11) is 0. The molecule has 7 rings (SSSR count). The number of carbonyl (C=O) groups excluding carboxylic acids is 3. The van der Waals surface area contributed by atoms with E-state index in [1.54, 1.807) is 13.8 Å². The third-order valence-electron chi connectivity index (χ3n) is 10.0. The van der Waals surface area contributed by atoms with Gasteiger partial charge in [-0.15, -0.1) is 0 Å². The molecule has 6 aromatic rings. The molecule has 51 heavy (non-hydrogen) atoms. The first kappa shape index (κ1) is 33.5. The molecule has 1 aliphatic rings. The number of benzene rings is 5. The summed E-state index contributed by atoms with van der Waals surface area (Å²) in [5.74, 6) is -0.149. The van der Waals surface area contributed by atoms with Crippen LogP contribution in [0.2, 0.25) is 0 Å². The number of fused-ring (bicyclic) bond motifs is 1. The van der Waals surface area contributed by atoms with Gasteiger partial charge >= 0.3 is 12.0 Å². The Labute approximate surface area is 297 Å². The van der Waals surface area contributed by atoms with E-state index in [2.05, 4.69) is 41.4 Å². The van der Waals surface area contributed by atoms with E-state index in [-0.39, 0.29) is 25.6 Å². The van der Waals surface area contributed by atoms with Crippen molar-refractivity contribution in [2.24, 2.45) is 0 Å². The third kappa shape index (κ3) is 5.86. The van der Waals surface area contributed by atoms with Crippen LogP contribution in [0.25, 0.3) is 10.8 Å². The molecule has 0 spiro atoms. The average molecular weight is 677 g/mol. The highest BCUT2D eigenvalue weighted by Gasteiger charge is 2.56. The van der Waals surface area contributed by atoms with Crippen molar-refractivity contribution in [3.63, 3.8) is 0 Å². The summed E-state index contributed by atoms with van der Waals surface area (Å²) in [4.78, 5) is 52.4. The number of carbonyl (C=O) groups is 3. The molecule has 0 aliphatic carbocycles. The van der Waals surface area contributed by atoms with Gasteiger partial charge in [-0.1, -0.05) is 133 Å². The van der Waals surface area contributed by atoms with Gasteiger partial charge in [-0.2, -0.15) is 0 Å². The molecule has 1 unspecified atom stereocenters. The van der Waals surface area contributed by atoms with Gasteiger partial charge in [-0.25, -0.2) is 9.78 Å². The molecule has 5 aromatic carbocycles. The molecular formula is C43H40N4O4. The molecule has 1 fully saturated rings. The lowest BCUT2D eigenvalue weighted by atomic mass is 9.69. The van der Waals surface area contributed by atoms with Crippen LogP contribution in [0.3, 0.4) is 0 Å². The average Bonchev–Trinajstić information content (AvgIpc) is 3.71. The molecule has 1 aliphatic heterocycles. The van der Waals surface area contributed by atoms with E-state index in [0.717, 1.165) is 39.0 Å². The highest BCUT2D eigenvalue weighted by Crippen LogP contribution is 2.44. The van der Waals surface area contributed by atoms with E-state index in [1.807, 2.05) is 103 Å². The molecule has 1 N–H and O–H groups in total. The number of nitrogens with one attached hydrogen (secondary N) is 1. The van der Waals surface area contributed by atoms with Gasteiger partial charge in [0.2, 0.25) is 0 Å². The van der Waals surface area contributed by atoms with E-state index >= 15 is 0 Å². The van der Waals surface area contributed by atoms with E-state index in [9.17, 15) is 14.4 Å². The number of hydrogen-bond donors (Lipinski definition) is 1. The quantitative estimate of drug-likeness (QED) is 0.0818. The molecule has 2 heterocycles. The molecule has 0 bridgehead atoms. The molecule has 0 radical (unpaired) electrons. The highest BCUT2D eigenvalue weighted by atomic mass is 16.5. The van der Waals surface area contributed by atoms with Crippen molar-refractivity contribution in [2.45, 2.75) is 37.6 Å². The van der Waals surface area contributed by atoms with Gasteiger partial charge in [-0.05, 0) is 59.7 Å². The van der Waals surface area contributed by atoms with Gasteiger partial charge < -0.3 is 9.72 Å². The maximum absolute atomic E-state index is 14.4. The second-order valence-electron chi connectivity index (χ2n) is 12.9. The zero-order chi connectivity index (χ0) is 35.4. The van der Waals surface area contributed by atoms with Gasteiger partial charge in [0, 0.05) is 18.4 Å². The number of aromatic amines is 1. The minimum Gasteiger partial charge on any atom is -0.465 e. The minimum atomic E-state index is -1.40. The minimum absolute atomic E-state index is 0.174. The normalized spacial score (nSPS) is 16.2. The van der Waals surface area contributed by atoms with Crippen molar-refractivity contribution < 1.29 is 19.1 Å². The molecule has 1 atom stereocenters. The van der Waals surface area contributed by atoms with Crippen molar-refractivity contribution >= 4 is 28.7 Å². The van der Waals surface area contributed by atoms with Gasteiger partial charge in [0.25, 0.3) is 5.91 Å². The van der Waals surface area contributed by atoms with E-state index in [0.29, 0.717) is 18.4 Å². The number of ether oxygens (including phenoxy) is 1. The lowest BCUT2D eigenvalue weighted by Gasteiger charge is -2.34. The van der Waals surface area contributed by atoms with Gasteiger partial charge in [-0.3, -0.25) is 19.4 Å². The first-order valence-corrected chi connectivity index (χ1v) is 17.4. The summed E-state index contributed by atoms with van der Waals surface area (Å²) < 4.78 is 5.23. The third-order valence-corrected chi connectivity index (χ3v) is 10.0. The number of rotatable bonds is 12. The largest absolute Gasteiger partial charge is 0.465 e. The van der Waals surface area contributed by atoms with E-state index in [4.69, 9.17) is 9.72 Å². The Morgan fingerprint density at radius 3 is 1.96 bits per heavy atom. The Morgan fingerprint density at radius 1 is 0.784 bits per heavy atom. The second kappa shape index (κ2) is 14.1. The molecule has 8 heteroatoms. The smallest absolute Gasteiger partial charge is 0.328 e. The van der Waals surface area contributed by atoms with Gasteiger partial charge in [0.05, 0.1) is 6.61 Å². The van der Waals surface area contributed by atoms with Crippen LogP contribution in [0.15, 0.2) is 140 Å². The number of imidazole rings is 1. The number of nitrogens with zero attached hydrogens (tertiary/aromatic N) is 3. The maximum atomic E-state index is 14.4. The van der Waals surface area contributed by atoms with Crippen LogP contribution in [0.4, 0.5) is 4.79 Å². The monoisotopic (exact) mass is 676 g/mol. The van der Waals surface area contributed by atoms with Crippen LogP contribution >= 0.6 is 0 Å². The van der Waals surface area contributed by atoms with Gasteiger partial charge in [0.1, 0.15) is 23.3 Å². The molecule has 256 valence electrons. The fraction of sp³-hybridized carbons (Fsp3) is 0.209. The summed E-state index contributed by atoms with van der Waals surface area (Å²) >= 11 is 0. The second-order valence-corrected chi connectivity index (χ2v) is 12.9. The molecule has 0 saturated carbocycles. The SMILES string of the molecule is CCOC(=O)CN1C(=O)N(CCCc2cnc(C(c3ccccc3)(c3ccccc3)c3ccccc3)[nH]2)C(=O)C1(C)c1cccc2ccccc12. The zero-order valence-corrected chi connectivity index (χ0v) is 28.8. The van der Waals surface area contributed by atoms with Gasteiger partial charge in [0.15, 0.2) is 0 Å². The lowest BCUT2D eigenvalue weighted by molar-refractivity contribution is -0.145. The zero-order valence-electron chi connectivity index (χ0n) is 28.8. The summed E-state index contributed by atoms with van der Waals surface area (Å²) in [6, 6.07) is 44.0. The molecule has 1 saturated heterocycles. The predicted molar refractivity (Wildman–Crippen MR) is 197 cm³/mol. The number of aryl methyl sites for hydroxylation is 1. The Hall–Kier alpha value is -6.02. The standard InChI is InChI=1S/C43H40N4O4/c1-3-51-38(48)30-47-41(50)46(40(49)42(47,2)37-27-15-18-31-17-13-14-26-36(31)37)28-16-25-35-29-44-39(45-35)43(32-19-7-4-8-20-32,33-21-9-5-10-22-33)34-23-11-6-12-24-34/h4-15,17-24,26-27,29H,3,16,25,28,30H2,1-2H3,(H,44,45). The number of urea groups is 1. The highest BCUT2D eigenvalue weighted by molar-refractivity contribution is 6.10. The van der Waals surface area contributed by atoms with Crippen molar-refractivity contribution in [3.05, 3.63) is 173 Å². The van der Waals surface area contributed by atoms with Crippen LogP contribution < -0.4 is 0 Å². The molecule has 1 aromatic heterocycles. The van der Waals surface area contributed by atoms with Crippen LogP contribution in [-0.2, 0) is 31.7 Å². The molecule has 8 nitrogen and oxygen atoms in total. The van der Waals surface area contributed by atoms with Crippen molar-refractivity contribution in [2.75, 3.05) is 19.7 Å². The number of imide groups is 1. The Kier molecular flexibility index (Phi) is 9.24. The summed E-state index contributed by atoms with van der Waals surface area (Å²) in [5.41, 5.74) is 2.67. The fourth-order valence-corrected chi connectivity index (χ4v) is 7.55. The first-order chi connectivity index (χ1) is 24.9. The lowest BCUT2D eigenvalue weighted by Crippen LogP contribution is -2.47. The Balaban J connectivity index is 1.19. The molecule has 3 amide bonds. The van der Waals surface area contributed by atoms with Crippen LogP contribution in [0.1, 0.15) is 54.0 Å². The van der Waals surface area contributed by atoms with Crippen molar-refractivity contribution in [1.29, 1.82) is 0 Å². The number of hydrogen-bond acceptors (Lipinski definition) is 5.